The Labute approximate surface area is 335 Å². The zero-order chi connectivity index (χ0) is 39.0. The van der Waals surface area contributed by atoms with Crippen LogP contribution in [0.2, 0.25) is 0 Å². The summed E-state index contributed by atoms with van der Waals surface area (Å²) in [6.45, 7) is 16.9. The standard InChI is InChI=1S/C51H88O3/c1-8-10-11-12-13-14-15-16-17-18-19-20-21-22-23-24-25-26-27-28-49(53)54-48-38-43(52)37-42-31-32-44-46-34-33-45(40(5)29-30-41(9-2)39(3)4)50(46,6)36-35-47(44)51(42,48)7/h16-17,29-31,39-41,43-48,52H,8-15,18-28,32-38H2,1-7H3/b17-16-,30-29+/t40-,41+,43+,44+,45-,46+,47+,48?,50-,51+/m1/s1. The topological polar surface area (TPSA) is 46.5 Å². The van der Waals surface area contributed by atoms with Crippen molar-refractivity contribution in [1.29, 1.82) is 0 Å². The van der Waals surface area contributed by atoms with Gasteiger partial charge >= 0.3 is 5.97 Å². The Kier molecular flexibility index (Phi) is 19.4. The molecule has 0 aromatic rings. The maximum atomic E-state index is 13.4. The van der Waals surface area contributed by atoms with Crippen LogP contribution in [0.15, 0.2) is 36.0 Å². The van der Waals surface area contributed by atoms with Crippen molar-refractivity contribution in [2.75, 3.05) is 0 Å². The molecule has 0 heterocycles. The Bertz CT molecular complexity index is 1170. The average Bonchev–Trinajstić information content (AvgIpc) is 3.50. The van der Waals surface area contributed by atoms with E-state index in [1.165, 1.54) is 134 Å². The second-order valence-corrected chi connectivity index (χ2v) is 19.7. The molecule has 4 aliphatic rings. The summed E-state index contributed by atoms with van der Waals surface area (Å²) in [6, 6.07) is 0. The lowest BCUT2D eigenvalue weighted by molar-refractivity contribution is -0.169. The highest BCUT2D eigenvalue weighted by atomic mass is 16.5. The summed E-state index contributed by atoms with van der Waals surface area (Å²) < 4.78 is 6.45. The van der Waals surface area contributed by atoms with Gasteiger partial charge in [-0.1, -0.05) is 161 Å². The van der Waals surface area contributed by atoms with E-state index >= 15 is 0 Å². The van der Waals surface area contributed by atoms with Crippen LogP contribution in [-0.4, -0.2) is 23.3 Å². The smallest absolute Gasteiger partial charge is 0.306 e. The number of ether oxygens (including phenoxy) is 1. The largest absolute Gasteiger partial charge is 0.461 e. The van der Waals surface area contributed by atoms with E-state index < -0.39 is 6.10 Å². The molecule has 3 nitrogen and oxygen atoms in total. The van der Waals surface area contributed by atoms with Gasteiger partial charge in [-0.15, -0.1) is 0 Å². The number of fused-ring (bicyclic) bond motifs is 5. The molecular weight excluding hydrogens is 661 g/mol. The normalized spacial score (nSPS) is 32.1. The van der Waals surface area contributed by atoms with Crippen molar-refractivity contribution in [2.45, 2.75) is 228 Å². The molecule has 10 atom stereocenters. The Morgan fingerprint density at radius 2 is 1.43 bits per heavy atom. The van der Waals surface area contributed by atoms with E-state index in [-0.39, 0.29) is 17.5 Å². The summed E-state index contributed by atoms with van der Waals surface area (Å²) >= 11 is 0. The van der Waals surface area contributed by atoms with E-state index in [0.717, 1.165) is 37.5 Å². The van der Waals surface area contributed by atoms with Gasteiger partial charge in [-0.25, -0.2) is 0 Å². The van der Waals surface area contributed by atoms with Gasteiger partial charge in [-0.3, -0.25) is 4.79 Å². The van der Waals surface area contributed by atoms with E-state index in [0.29, 0.717) is 47.8 Å². The molecule has 1 N–H and O–H groups in total. The van der Waals surface area contributed by atoms with Crippen molar-refractivity contribution < 1.29 is 14.6 Å². The summed E-state index contributed by atoms with van der Waals surface area (Å²) in [7, 11) is 0. The monoisotopic (exact) mass is 749 g/mol. The van der Waals surface area contributed by atoms with Crippen molar-refractivity contribution in [1.82, 2.24) is 0 Å². The predicted octanol–water partition coefficient (Wildman–Crippen LogP) is 14.9. The number of carbonyl (C=O) groups is 1. The molecule has 4 aliphatic carbocycles. The maximum Gasteiger partial charge on any atom is 0.306 e. The van der Waals surface area contributed by atoms with Gasteiger partial charge in [-0.05, 0) is 124 Å². The van der Waals surface area contributed by atoms with Crippen molar-refractivity contribution in [3.05, 3.63) is 36.0 Å². The molecule has 0 aromatic carbocycles. The highest BCUT2D eigenvalue weighted by Crippen LogP contribution is 2.67. The Hall–Kier alpha value is -1.35. The highest BCUT2D eigenvalue weighted by molar-refractivity contribution is 5.69. The molecule has 3 fully saturated rings. The molecule has 0 aliphatic heterocycles. The van der Waals surface area contributed by atoms with Crippen LogP contribution in [0.4, 0.5) is 0 Å². The average molecular weight is 749 g/mol. The second kappa shape index (κ2) is 23.2. The molecule has 1 unspecified atom stereocenters. The first-order valence-corrected chi connectivity index (χ1v) is 24.0. The minimum Gasteiger partial charge on any atom is -0.461 e. The van der Waals surface area contributed by atoms with E-state index in [1.807, 2.05) is 0 Å². The molecule has 0 aromatic heterocycles. The number of hydrogen-bond acceptors (Lipinski definition) is 3. The summed E-state index contributed by atoms with van der Waals surface area (Å²) in [6.07, 6.45) is 43.4. The van der Waals surface area contributed by atoms with Crippen LogP contribution in [0.3, 0.4) is 0 Å². The minimum atomic E-state index is -0.403. The number of rotatable bonds is 25. The fourth-order valence-corrected chi connectivity index (χ4v) is 12.3. The minimum absolute atomic E-state index is 0.0354. The first-order valence-electron chi connectivity index (χ1n) is 24.0. The van der Waals surface area contributed by atoms with Crippen molar-refractivity contribution >= 4 is 5.97 Å². The van der Waals surface area contributed by atoms with Crippen LogP contribution >= 0.6 is 0 Å². The zero-order valence-corrected chi connectivity index (χ0v) is 36.7. The predicted molar refractivity (Wildman–Crippen MR) is 231 cm³/mol. The maximum absolute atomic E-state index is 13.4. The number of aliphatic hydroxyl groups is 1. The van der Waals surface area contributed by atoms with Crippen molar-refractivity contribution in [2.24, 2.45) is 52.3 Å². The third-order valence-electron chi connectivity index (χ3n) is 15.8. The quantitative estimate of drug-likeness (QED) is 0.0574. The molecule has 0 spiro atoms. The van der Waals surface area contributed by atoms with E-state index in [4.69, 9.17) is 4.74 Å². The van der Waals surface area contributed by atoms with Gasteiger partial charge in [0.2, 0.25) is 0 Å². The number of hydrogen-bond donors (Lipinski definition) is 1. The second-order valence-electron chi connectivity index (χ2n) is 19.7. The van der Waals surface area contributed by atoms with Crippen LogP contribution in [0.1, 0.15) is 215 Å². The SMILES string of the molecule is CCCCCCCC/C=C\CCCCCCCCCCCC(=O)OC1C[C@@H](O)CC2=CC[C@H]3[C@@H]4CC[C@H]([C@H](C)/C=C/[C@H](CC)C(C)C)[C@@]4(C)CC[C@@H]3[C@]21C. The zero-order valence-electron chi connectivity index (χ0n) is 36.7. The lowest BCUT2D eigenvalue weighted by Gasteiger charge is -2.60. The molecule has 0 bridgehead atoms. The lowest BCUT2D eigenvalue weighted by atomic mass is 9.46. The molecule has 54 heavy (non-hydrogen) atoms. The Morgan fingerprint density at radius 3 is 2.04 bits per heavy atom. The van der Waals surface area contributed by atoms with Gasteiger partial charge in [0.25, 0.3) is 0 Å². The molecule has 0 radical (unpaired) electrons. The van der Waals surface area contributed by atoms with Gasteiger partial charge in [0, 0.05) is 18.3 Å². The Balaban J connectivity index is 1.15. The van der Waals surface area contributed by atoms with Gasteiger partial charge in [-0.2, -0.15) is 0 Å². The third-order valence-corrected chi connectivity index (χ3v) is 15.8. The van der Waals surface area contributed by atoms with Crippen molar-refractivity contribution in [3.8, 4) is 0 Å². The first kappa shape index (κ1) is 45.4. The number of allylic oxidation sites excluding steroid dienone is 5. The number of carbonyl (C=O) groups excluding carboxylic acids is 1. The van der Waals surface area contributed by atoms with Crippen LogP contribution in [0.25, 0.3) is 0 Å². The van der Waals surface area contributed by atoms with E-state index in [2.05, 4.69) is 78.8 Å². The van der Waals surface area contributed by atoms with Crippen LogP contribution in [-0.2, 0) is 9.53 Å². The van der Waals surface area contributed by atoms with E-state index in [1.54, 1.807) is 0 Å². The molecule has 0 saturated heterocycles. The Morgan fingerprint density at radius 1 is 0.815 bits per heavy atom. The molecule has 310 valence electrons. The van der Waals surface area contributed by atoms with E-state index in [9.17, 15) is 9.90 Å². The van der Waals surface area contributed by atoms with Crippen LogP contribution in [0, 0.1) is 52.3 Å². The summed E-state index contributed by atoms with van der Waals surface area (Å²) in [5.41, 5.74) is 1.63. The summed E-state index contributed by atoms with van der Waals surface area (Å²) in [4.78, 5) is 13.4. The van der Waals surface area contributed by atoms with Gasteiger partial charge in [0.05, 0.1) is 6.10 Å². The third kappa shape index (κ3) is 12.3. The summed E-state index contributed by atoms with van der Waals surface area (Å²) in [5, 5.41) is 11.0. The fraction of sp³-hybridized carbons (Fsp3) is 0.863. The molecule has 3 saturated carbocycles. The van der Waals surface area contributed by atoms with Gasteiger partial charge < -0.3 is 9.84 Å². The highest BCUT2D eigenvalue weighted by Gasteiger charge is 2.61. The summed E-state index contributed by atoms with van der Waals surface area (Å²) in [5.74, 6) is 4.66. The van der Waals surface area contributed by atoms with Crippen LogP contribution < -0.4 is 0 Å². The number of aliphatic hydroxyl groups excluding tert-OH is 1. The van der Waals surface area contributed by atoms with Gasteiger partial charge in [0.1, 0.15) is 6.10 Å². The first-order chi connectivity index (χ1) is 26.1. The number of esters is 1. The van der Waals surface area contributed by atoms with Crippen molar-refractivity contribution in [3.63, 3.8) is 0 Å². The number of unbranched alkanes of at least 4 members (excludes halogenated alkanes) is 15. The fourth-order valence-electron chi connectivity index (χ4n) is 12.3. The van der Waals surface area contributed by atoms with Gasteiger partial charge in [0.15, 0.2) is 0 Å². The molecular formula is C51H88O3. The molecule has 0 amide bonds. The molecule has 3 heteroatoms. The van der Waals surface area contributed by atoms with Crippen LogP contribution in [0.5, 0.6) is 0 Å². The molecule has 4 rings (SSSR count). The lowest BCUT2D eigenvalue weighted by Crippen LogP contribution is -2.56.